The van der Waals surface area contributed by atoms with Gasteiger partial charge in [-0.3, -0.25) is 0 Å². The Morgan fingerprint density at radius 3 is 3.14 bits per heavy atom. The van der Waals surface area contributed by atoms with E-state index in [0.29, 0.717) is 5.76 Å². The van der Waals surface area contributed by atoms with Crippen LogP contribution in [0.4, 0.5) is 0 Å². The van der Waals surface area contributed by atoms with Crippen LogP contribution in [0.25, 0.3) is 5.76 Å². The predicted molar refractivity (Wildman–Crippen MR) is 60.6 cm³/mol. The number of hydrogen-bond acceptors (Lipinski definition) is 3. The minimum atomic E-state index is 0.409. The van der Waals surface area contributed by atoms with Gasteiger partial charge in [-0.2, -0.15) is 0 Å². The molecule has 3 heteroatoms. The summed E-state index contributed by atoms with van der Waals surface area (Å²) in [6, 6.07) is 2.12. The molecule has 0 saturated heterocycles. The zero-order chi connectivity index (χ0) is 10.1. The van der Waals surface area contributed by atoms with E-state index in [1.165, 1.54) is 10.4 Å². The maximum Gasteiger partial charge on any atom is 0.128 e. The van der Waals surface area contributed by atoms with Crippen LogP contribution in [0.3, 0.4) is 0 Å². The van der Waals surface area contributed by atoms with E-state index in [4.69, 9.17) is 0 Å². The van der Waals surface area contributed by atoms with Gasteiger partial charge in [-0.1, -0.05) is 0 Å². The third-order valence-electron chi connectivity index (χ3n) is 2.58. The maximum absolute atomic E-state index is 9.60. The fourth-order valence-electron chi connectivity index (χ4n) is 1.74. The van der Waals surface area contributed by atoms with Crippen LogP contribution in [0.5, 0.6) is 0 Å². The summed E-state index contributed by atoms with van der Waals surface area (Å²) in [5, 5.41) is 9.60. The van der Waals surface area contributed by atoms with E-state index < -0.39 is 0 Å². The molecule has 2 nitrogen and oxygen atoms in total. The molecule has 0 bridgehead atoms. The zero-order valence-corrected chi connectivity index (χ0v) is 9.40. The molecule has 2 rings (SSSR count). The summed E-state index contributed by atoms with van der Waals surface area (Å²) in [5.74, 6) is 0.409. The first-order valence-corrected chi connectivity index (χ1v) is 5.68. The molecule has 0 amide bonds. The Balaban J connectivity index is 2.32. The fourth-order valence-corrected chi connectivity index (χ4v) is 2.88. The number of hydrogen-bond donors (Lipinski definition) is 1. The van der Waals surface area contributed by atoms with Crippen LogP contribution >= 0.6 is 11.3 Å². The molecule has 0 fully saturated rings. The second-order valence-electron chi connectivity index (χ2n) is 3.72. The van der Waals surface area contributed by atoms with E-state index in [-0.39, 0.29) is 0 Å². The average Bonchev–Trinajstić information content (AvgIpc) is 2.59. The monoisotopic (exact) mass is 209 g/mol. The van der Waals surface area contributed by atoms with Gasteiger partial charge in [-0.05, 0) is 38.1 Å². The molecular weight excluding hydrogens is 194 g/mol. The lowest BCUT2D eigenvalue weighted by Crippen LogP contribution is -2.25. The van der Waals surface area contributed by atoms with Gasteiger partial charge in [-0.25, -0.2) is 0 Å². The second kappa shape index (κ2) is 3.75. The van der Waals surface area contributed by atoms with E-state index in [1.54, 1.807) is 17.4 Å². The van der Waals surface area contributed by atoms with Crippen molar-refractivity contribution in [3.63, 3.8) is 0 Å². The van der Waals surface area contributed by atoms with Crippen LogP contribution in [0.2, 0.25) is 0 Å². The summed E-state index contributed by atoms with van der Waals surface area (Å²) in [6.45, 7) is 4.01. The maximum atomic E-state index is 9.60. The number of thiophene rings is 1. The van der Waals surface area contributed by atoms with Crippen molar-refractivity contribution < 1.29 is 5.11 Å². The lowest BCUT2D eigenvalue weighted by atomic mass is 10.1. The van der Waals surface area contributed by atoms with Crippen LogP contribution in [0.15, 0.2) is 12.1 Å². The van der Waals surface area contributed by atoms with Crippen molar-refractivity contribution in [1.29, 1.82) is 0 Å². The van der Waals surface area contributed by atoms with E-state index in [2.05, 4.69) is 18.0 Å². The van der Waals surface area contributed by atoms with Crippen LogP contribution in [0, 0.1) is 0 Å². The molecule has 1 N–H and O–H groups in total. The summed E-state index contributed by atoms with van der Waals surface area (Å²) < 4.78 is 0. The normalized spacial score (nSPS) is 18.3. The van der Waals surface area contributed by atoms with Crippen molar-refractivity contribution in [2.45, 2.75) is 19.9 Å². The molecule has 76 valence electrons. The Bertz CT molecular complexity index is 367. The Hall–Kier alpha value is -0.800. The first kappa shape index (κ1) is 9.74. The van der Waals surface area contributed by atoms with E-state index >= 15 is 0 Å². The van der Waals surface area contributed by atoms with Gasteiger partial charge in [0.2, 0.25) is 0 Å². The average molecular weight is 209 g/mol. The lowest BCUT2D eigenvalue weighted by Gasteiger charge is -2.21. The van der Waals surface area contributed by atoms with Gasteiger partial charge in [0.1, 0.15) is 5.76 Å². The van der Waals surface area contributed by atoms with Gasteiger partial charge >= 0.3 is 0 Å². The molecule has 14 heavy (non-hydrogen) atoms. The highest BCUT2D eigenvalue weighted by molar-refractivity contribution is 7.13. The molecule has 0 unspecified atom stereocenters. The first-order valence-electron chi connectivity index (χ1n) is 4.86. The number of nitrogens with zero attached hydrogens (tertiary/aromatic N) is 1. The van der Waals surface area contributed by atoms with Crippen LogP contribution in [-0.2, 0) is 13.0 Å². The summed E-state index contributed by atoms with van der Waals surface area (Å²) >= 11 is 1.73. The highest BCUT2D eigenvalue weighted by Crippen LogP contribution is 2.30. The molecule has 1 aliphatic rings. The van der Waals surface area contributed by atoms with Gasteiger partial charge in [-0.15, -0.1) is 11.3 Å². The number of allylic oxidation sites excluding steroid dienone is 1. The zero-order valence-electron chi connectivity index (χ0n) is 8.58. The smallest absolute Gasteiger partial charge is 0.128 e. The van der Waals surface area contributed by atoms with E-state index in [9.17, 15) is 5.11 Å². The minimum absolute atomic E-state index is 0.409. The standard InChI is InChI=1S/C11H15NOS/c1-3-9(13)11-6-8-7-12(2)5-4-10(8)14-11/h3,6,13H,4-5,7H2,1-2H3/b9-3-. The Morgan fingerprint density at radius 1 is 1.64 bits per heavy atom. The van der Waals surface area contributed by atoms with Gasteiger partial charge in [0.05, 0.1) is 4.88 Å². The SMILES string of the molecule is C/C=C(\O)c1cc2c(s1)CCN(C)C2. The third-order valence-corrected chi connectivity index (χ3v) is 3.84. The molecule has 1 aromatic rings. The van der Waals surface area contributed by atoms with Crippen molar-refractivity contribution in [1.82, 2.24) is 4.90 Å². The summed E-state index contributed by atoms with van der Waals surface area (Å²) in [4.78, 5) is 4.75. The summed E-state index contributed by atoms with van der Waals surface area (Å²) in [7, 11) is 2.13. The topological polar surface area (TPSA) is 23.5 Å². The summed E-state index contributed by atoms with van der Waals surface area (Å²) in [6.07, 6.45) is 2.87. The number of aliphatic hydroxyl groups excluding tert-OH is 1. The van der Waals surface area contributed by atoms with Crippen molar-refractivity contribution >= 4 is 17.1 Å². The molecule has 1 aromatic heterocycles. The molecule has 0 saturated carbocycles. The minimum Gasteiger partial charge on any atom is -0.507 e. The third kappa shape index (κ3) is 1.70. The van der Waals surface area contributed by atoms with Crippen molar-refractivity contribution in [2.75, 3.05) is 13.6 Å². The summed E-state index contributed by atoms with van der Waals surface area (Å²) in [5.41, 5.74) is 1.38. The van der Waals surface area contributed by atoms with Crippen LogP contribution in [-0.4, -0.2) is 23.6 Å². The molecule has 1 aliphatic heterocycles. The highest BCUT2D eigenvalue weighted by atomic mass is 32.1. The quantitative estimate of drug-likeness (QED) is 0.719. The number of fused-ring (bicyclic) bond motifs is 1. The van der Waals surface area contributed by atoms with E-state index in [0.717, 1.165) is 24.4 Å². The van der Waals surface area contributed by atoms with Crippen LogP contribution in [0.1, 0.15) is 22.2 Å². The van der Waals surface area contributed by atoms with E-state index in [1.807, 2.05) is 6.92 Å². The second-order valence-corrected chi connectivity index (χ2v) is 4.86. The van der Waals surface area contributed by atoms with Gasteiger partial charge < -0.3 is 10.0 Å². The molecule has 0 radical (unpaired) electrons. The van der Waals surface area contributed by atoms with Crippen molar-refractivity contribution in [2.24, 2.45) is 0 Å². The largest absolute Gasteiger partial charge is 0.507 e. The number of rotatable bonds is 1. The van der Waals surface area contributed by atoms with Crippen LogP contribution < -0.4 is 0 Å². The predicted octanol–water partition coefficient (Wildman–Crippen LogP) is 2.65. The number of likely N-dealkylation sites (N-methyl/N-ethyl adjacent to an activating group) is 1. The first-order chi connectivity index (χ1) is 6.70. The molecule has 0 atom stereocenters. The Labute approximate surface area is 88.5 Å². The van der Waals surface area contributed by atoms with Gasteiger partial charge in [0, 0.05) is 18.0 Å². The molecule has 0 aliphatic carbocycles. The Kier molecular flexibility index (Phi) is 2.61. The Morgan fingerprint density at radius 2 is 2.43 bits per heavy atom. The van der Waals surface area contributed by atoms with Crippen molar-refractivity contribution in [3.05, 3.63) is 27.5 Å². The molecule has 2 heterocycles. The fraction of sp³-hybridized carbons (Fsp3) is 0.455. The molecule has 0 aromatic carbocycles. The van der Waals surface area contributed by atoms with Crippen molar-refractivity contribution in [3.8, 4) is 0 Å². The number of aliphatic hydroxyl groups is 1. The van der Waals surface area contributed by atoms with Gasteiger partial charge in [0.15, 0.2) is 0 Å². The lowest BCUT2D eigenvalue weighted by molar-refractivity contribution is 0.315. The highest BCUT2D eigenvalue weighted by Gasteiger charge is 2.17. The van der Waals surface area contributed by atoms with Gasteiger partial charge in [0.25, 0.3) is 0 Å². The molecular formula is C11H15NOS. The molecule has 0 spiro atoms.